The summed E-state index contributed by atoms with van der Waals surface area (Å²) in [5.74, 6) is -2.70. The molecule has 22 heavy (non-hydrogen) atoms. The van der Waals surface area contributed by atoms with E-state index in [2.05, 4.69) is 15.7 Å². The van der Waals surface area contributed by atoms with Crippen LogP contribution in [0, 0.1) is 0 Å². The first-order valence-electron chi connectivity index (χ1n) is 6.51. The lowest BCUT2D eigenvalue weighted by Gasteiger charge is -2.14. The number of anilines is 1. The molecule has 8 heteroatoms. The van der Waals surface area contributed by atoms with Crippen molar-refractivity contribution in [2.45, 2.75) is 16.7 Å². The molecular formula is C14H16F2N4OS. The lowest BCUT2D eigenvalue weighted by molar-refractivity contribution is -0.118. The molecular weight excluding hydrogens is 310 g/mol. The van der Waals surface area contributed by atoms with Crippen molar-refractivity contribution in [2.24, 2.45) is 7.05 Å². The molecule has 0 saturated heterocycles. The minimum Gasteiger partial charge on any atom is -0.324 e. The van der Waals surface area contributed by atoms with Crippen LogP contribution in [0.5, 0.6) is 0 Å². The van der Waals surface area contributed by atoms with Crippen LogP contribution in [0.2, 0.25) is 0 Å². The third kappa shape index (κ3) is 4.28. The molecule has 1 atom stereocenters. The van der Waals surface area contributed by atoms with Crippen molar-refractivity contribution in [3.8, 4) is 0 Å². The summed E-state index contributed by atoms with van der Waals surface area (Å²) in [6.45, 7) is 0. The van der Waals surface area contributed by atoms with E-state index < -0.39 is 11.8 Å². The molecule has 0 fully saturated rings. The van der Waals surface area contributed by atoms with Crippen molar-refractivity contribution < 1.29 is 13.6 Å². The Morgan fingerprint density at radius 1 is 1.32 bits per heavy atom. The fourth-order valence-corrected chi connectivity index (χ4v) is 2.47. The molecule has 2 aromatic rings. The lowest BCUT2D eigenvalue weighted by Crippen LogP contribution is -2.30. The first kappa shape index (κ1) is 16.4. The van der Waals surface area contributed by atoms with Crippen LogP contribution >= 0.6 is 11.8 Å². The third-order valence-corrected chi connectivity index (χ3v) is 3.68. The molecule has 118 valence electrons. The van der Waals surface area contributed by atoms with Gasteiger partial charge in [0.15, 0.2) is 0 Å². The van der Waals surface area contributed by atoms with Crippen LogP contribution < -0.4 is 10.6 Å². The van der Waals surface area contributed by atoms with Crippen molar-refractivity contribution >= 4 is 23.4 Å². The molecule has 2 rings (SSSR count). The van der Waals surface area contributed by atoms with Gasteiger partial charge in [0, 0.05) is 29.4 Å². The number of carbonyl (C=O) groups excluding carboxylic acids is 1. The van der Waals surface area contributed by atoms with Crippen molar-refractivity contribution in [2.75, 3.05) is 12.4 Å². The summed E-state index contributed by atoms with van der Waals surface area (Å²) in [4.78, 5) is 12.7. The molecule has 1 amide bonds. The Hall–Kier alpha value is -1.93. The molecule has 0 spiro atoms. The highest BCUT2D eigenvalue weighted by atomic mass is 32.2. The van der Waals surface area contributed by atoms with E-state index in [0.717, 1.165) is 5.56 Å². The van der Waals surface area contributed by atoms with Crippen LogP contribution in [-0.4, -0.2) is 28.5 Å². The Labute approximate surface area is 131 Å². The standard InChI is InChI=1S/C14H16F2N4OS/c1-17-12(9-7-18-20(2)8-9)13(21)19-10-3-5-11(6-4-10)22-14(15)16/h3-8,12,14,17H,1-2H3,(H,19,21). The van der Waals surface area contributed by atoms with Crippen molar-refractivity contribution in [1.29, 1.82) is 0 Å². The normalized spacial score (nSPS) is 12.4. The zero-order chi connectivity index (χ0) is 16.1. The smallest absolute Gasteiger partial charge is 0.288 e. The zero-order valence-corrected chi connectivity index (χ0v) is 12.9. The second-order valence-corrected chi connectivity index (χ2v) is 5.62. The molecule has 1 aromatic heterocycles. The Bertz CT molecular complexity index is 630. The summed E-state index contributed by atoms with van der Waals surface area (Å²) in [5, 5.41) is 9.70. The number of benzene rings is 1. The zero-order valence-electron chi connectivity index (χ0n) is 12.1. The fraction of sp³-hybridized carbons (Fsp3) is 0.286. The first-order chi connectivity index (χ1) is 10.5. The number of alkyl halides is 2. The van der Waals surface area contributed by atoms with E-state index in [9.17, 15) is 13.6 Å². The van der Waals surface area contributed by atoms with E-state index in [1.807, 2.05) is 0 Å². The maximum Gasteiger partial charge on any atom is 0.288 e. The number of carbonyl (C=O) groups is 1. The van der Waals surface area contributed by atoms with Gasteiger partial charge < -0.3 is 10.6 Å². The number of likely N-dealkylation sites (N-methyl/N-ethyl adjacent to an activating group) is 1. The van der Waals surface area contributed by atoms with Gasteiger partial charge in [-0.15, -0.1) is 0 Å². The van der Waals surface area contributed by atoms with Gasteiger partial charge in [0.25, 0.3) is 5.76 Å². The summed E-state index contributed by atoms with van der Waals surface area (Å²) in [6.07, 6.45) is 3.37. The number of halogens is 2. The molecule has 1 heterocycles. The largest absolute Gasteiger partial charge is 0.324 e. The molecule has 1 aromatic carbocycles. The minimum atomic E-state index is -2.46. The van der Waals surface area contributed by atoms with Crippen LogP contribution in [0.25, 0.3) is 0 Å². The van der Waals surface area contributed by atoms with Crippen LogP contribution in [0.15, 0.2) is 41.6 Å². The topological polar surface area (TPSA) is 59.0 Å². The number of rotatable bonds is 6. The fourth-order valence-electron chi connectivity index (χ4n) is 1.97. The van der Waals surface area contributed by atoms with Crippen LogP contribution in [0.1, 0.15) is 11.6 Å². The number of nitrogens with zero attached hydrogens (tertiary/aromatic N) is 2. The highest BCUT2D eigenvalue weighted by Gasteiger charge is 2.20. The Morgan fingerprint density at radius 2 is 2.00 bits per heavy atom. The van der Waals surface area contributed by atoms with Crippen LogP contribution in [-0.2, 0) is 11.8 Å². The first-order valence-corrected chi connectivity index (χ1v) is 7.39. The van der Waals surface area contributed by atoms with E-state index in [1.165, 1.54) is 0 Å². The second kappa shape index (κ2) is 7.37. The van der Waals surface area contributed by atoms with E-state index in [0.29, 0.717) is 22.3 Å². The summed E-state index contributed by atoms with van der Waals surface area (Å²) in [6, 6.07) is 5.75. The summed E-state index contributed by atoms with van der Waals surface area (Å²) < 4.78 is 26.1. The monoisotopic (exact) mass is 326 g/mol. The summed E-state index contributed by atoms with van der Waals surface area (Å²) in [7, 11) is 3.45. The summed E-state index contributed by atoms with van der Waals surface area (Å²) >= 11 is 0.467. The van der Waals surface area contributed by atoms with E-state index in [1.54, 1.807) is 55.4 Å². The lowest BCUT2D eigenvalue weighted by atomic mass is 10.1. The van der Waals surface area contributed by atoms with Crippen LogP contribution in [0.4, 0.5) is 14.5 Å². The van der Waals surface area contributed by atoms with Crippen molar-refractivity contribution in [3.05, 3.63) is 42.2 Å². The van der Waals surface area contributed by atoms with Gasteiger partial charge in [-0.3, -0.25) is 9.48 Å². The van der Waals surface area contributed by atoms with Gasteiger partial charge in [0.05, 0.1) is 6.20 Å². The predicted molar refractivity (Wildman–Crippen MR) is 81.9 cm³/mol. The highest BCUT2D eigenvalue weighted by molar-refractivity contribution is 7.99. The molecule has 0 bridgehead atoms. The predicted octanol–water partition coefficient (Wildman–Crippen LogP) is 2.63. The molecule has 0 saturated carbocycles. The number of aryl methyl sites for hydroxylation is 1. The van der Waals surface area contributed by atoms with Gasteiger partial charge in [-0.25, -0.2) is 0 Å². The molecule has 0 aliphatic carbocycles. The molecule has 0 aliphatic heterocycles. The van der Waals surface area contributed by atoms with E-state index in [-0.39, 0.29) is 5.91 Å². The number of nitrogens with one attached hydrogen (secondary N) is 2. The van der Waals surface area contributed by atoms with Gasteiger partial charge in [0.2, 0.25) is 5.91 Å². The van der Waals surface area contributed by atoms with Gasteiger partial charge in [0.1, 0.15) is 6.04 Å². The molecule has 2 N–H and O–H groups in total. The van der Waals surface area contributed by atoms with Crippen molar-refractivity contribution in [1.82, 2.24) is 15.1 Å². The number of amides is 1. The molecule has 0 radical (unpaired) electrons. The van der Waals surface area contributed by atoms with Crippen LogP contribution in [0.3, 0.4) is 0 Å². The minimum absolute atomic E-state index is 0.246. The van der Waals surface area contributed by atoms with E-state index >= 15 is 0 Å². The Morgan fingerprint density at radius 3 is 2.50 bits per heavy atom. The molecule has 0 aliphatic rings. The summed E-state index contributed by atoms with van der Waals surface area (Å²) in [5.41, 5.74) is 1.29. The molecule has 5 nitrogen and oxygen atoms in total. The molecule has 1 unspecified atom stereocenters. The van der Waals surface area contributed by atoms with E-state index in [4.69, 9.17) is 0 Å². The average molecular weight is 326 g/mol. The quantitative estimate of drug-likeness (QED) is 0.801. The number of hydrogen-bond donors (Lipinski definition) is 2. The average Bonchev–Trinajstić information content (AvgIpc) is 2.87. The van der Waals surface area contributed by atoms with Gasteiger partial charge in [-0.2, -0.15) is 13.9 Å². The highest BCUT2D eigenvalue weighted by Crippen LogP contribution is 2.26. The number of hydrogen-bond acceptors (Lipinski definition) is 4. The van der Waals surface area contributed by atoms with Crippen molar-refractivity contribution in [3.63, 3.8) is 0 Å². The maximum atomic E-state index is 12.3. The maximum absolute atomic E-state index is 12.3. The van der Waals surface area contributed by atoms with Gasteiger partial charge in [-0.05, 0) is 31.3 Å². The second-order valence-electron chi connectivity index (χ2n) is 4.56. The Kier molecular flexibility index (Phi) is 5.51. The third-order valence-electron chi connectivity index (χ3n) is 2.96. The number of thioether (sulfide) groups is 1. The Balaban J connectivity index is 2.04. The van der Waals surface area contributed by atoms with Gasteiger partial charge >= 0.3 is 0 Å². The van der Waals surface area contributed by atoms with Gasteiger partial charge in [-0.1, -0.05) is 11.8 Å². The SMILES string of the molecule is CNC(C(=O)Nc1ccc(SC(F)F)cc1)c1cnn(C)c1. The number of aromatic nitrogens is 2.